The van der Waals surface area contributed by atoms with Crippen molar-refractivity contribution in [3.63, 3.8) is 0 Å². The van der Waals surface area contributed by atoms with E-state index in [1.807, 2.05) is 0 Å². The number of hydrogen-bond donors (Lipinski definition) is 8. The third kappa shape index (κ3) is 10.4. The summed E-state index contributed by atoms with van der Waals surface area (Å²) in [4.78, 5) is 59.0. The Kier molecular flexibility index (Phi) is 12.4. The topological polar surface area (TPSA) is 188 Å². The Morgan fingerprint density at radius 2 is 1.31 bits per heavy atom. The molecule has 4 atom stereocenters. The van der Waals surface area contributed by atoms with Crippen LogP contribution in [0.15, 0.2) is 0 Å². The number of rotatable bonds is 13. The Hall–Kier alpha value is -1.99. The highest BCUT2D eigenvalue weighted by Gasteiger charge is 2.31. The van der Waals surface area contributed by atoms with Gasteiger partial charge in [0.2, 0.25) is 17.7 Å². The molecule has 0 aromatic heterocycles. The van der Waals surface area contributed by atoms with E-state index < -0.39 is 60.2 Å². The zero-order valence-electron chi connectivity index (χ0n) is 16.1. The summed E-state index contributed by atoms with van der Waals surface area (Å²) < 4.78 is 0. The first kappa shape index (κ1) is 27.0. The van der Waals surface area contributed by atoms with E-state index in [0.717, 1.165) is 0 Å². The van der Waals surface area contributed by atoms with E-state index >= 15 is 0 Å². The van der Waals surface area contributed by atoms with E-state index in [-0.39, 0.29) is 23.8 Å². The van der Waals surface area contributed by atoms with Crippen LogP contribution in [0.2, 0.25) is 0 Å². The molecule has 0 fully saturated rings. The van der Waals surface area contributed by atoms with Gasteiger partial charge >= 0.3 is 11.9 Å². The van der Waals surface area contributed by atoms with Crippen LogP contribution in [0.5, 0.6) is 0 Å². The molecule has 29 heavy (non-hydrogen) atoms. The zero-order valence-corrected chi connectivity index (χ0v) is 17.9. The van der Waals surface area contributed by atoms with Crippen molar-refractivity contribution in [2.75, 3.05) is 11.5 Å². The van der Waals surface area contributed by atoms with Crippen molar-refractivity contribution in [2.45, 2.75) is 50.9 Å². The third-order valence-electron chi connectivity index (χ3n) is 3.68. The lowest BCUT2D eigenvalue weighted by molar-refractivity contribution is -0.144. The number of carboxylic acids is 2. The van der Waals surface area contributed by atoms with Gasteiger partial charge in [0.25, 0.3) is 0 Å². The van der Waals surface area contributed by atoms with Crippen LogP contribution in [0.1, 0.15) is 26.7 Å². The standard InChI is InChI=1S/C16H28N4O7S2/c1-7(2)3-10(16(26)27)19-14(24)9(4-12(21)22)18-15(25)11(6-29)20-13(23)8(17)5-28/h7-11,28-29H,3-6,17H2,1-2H3,(H,18,25)(H,19,24)(H,20,23)(H,21,22)(H,26,27). The van der Waals surface area contributed by atoms with Crippen molar-refractivity contribution in [3.8, 4) is 0 Å². The molecule has 0 aromatic rings. The van der Waals surface area contributed by atoms with Crippen molar-refractivity contribution < 1.29 is 34.2 Å². The summed E-state index contributed by atoms with van der Waals surface area (Å²) >= 11 is 7.84. The van der Waals surface area contributed by atoms with Gasteiger partial charge in [-0.1, -0.05) is 13.8 Å². The van der Waals surface area contributed by atoms with Crippen LogP contribution in [0.3, 0.4) is 0 Å². The molecule has 0 saturated heterocycles. The number of hydrogen-bond acceptors (Lipinski definition) is 8. The van der Waals surface area contributed by atoms with Crippen molar-refractivity contribution in [3.05, 3.63) is 0 Å². The minimum absolute atomic E-state index is 0.0310. The first-order chi connectivity index (χ1) is 13.4. The van der Waals surface area contributed by atoms with Crippen LogP contribution in [0.25, 0.3) is 0 Å². The quantitative estimate of drug-likeness (QED) is 0.151. The molecular formula is C16H28N4O7S2. The summed E-state index contributed by atoms with van der Waals surface area (Å²) in [5.41, 5.74) is 5.52. The number of aliphatic carboxylic acids is 2. The van der Waals surface area contributed by atoms with Crippen molar-refractivity contribution in [2.24, 2.45) is 11.7 Å². The van der Waals surface area contributed by atoms with Crippen LogP contribution >= 0.6 is 25.3 Å². The molecule has 0 bridgehead atoms. The molecule has 4 unspecified atom stereocenters. The Balaban J connectivity index is 5.27. The molecule has 0 aliphatic rings. The Labute approximate surface area is 179 Å². The maximum atomic E-state index is 12.4. The molecular weight excluding hydrogens is 424 g/mol. The molecule has 0 saturated carbocycles. The van der Waals surface area contributed by atoms with E-state index in [9.17, 15) is 29.1 Å². The van der Waals surface area contributed by atoms with Gasteiger partial charge in [0, 0.05) is 11.5 Å². The van der Waals surface area contributed by atoms with Crippen LogP contribution in [0, 0.1) is 5.92 Å². The highest BCUT2D eigenvalue weighted by atomic mass is 32.1. The van der Waals surface area contributed by atoms with Crippen LogP contribution in [0.4, 0.5) is 0 Å². The second-order valence-corrected chi connectivity index (χ2v) is 7.45. The molecule has 0 heterocycles. The zero-order chi connectivity index (χ0) is 22.7. The van der Waals surface area contributed by atoms with Gasteiger partial charge < -0.3 is 31.9 Å². The van der Waals surface area contributed by atoms with Gasteiger partial charge in [0.05, 0.1) is 12.5 Å². The van der Waals surface area contributed by atoms with E-state index in [1.54, 1.807) is 13.8 Å². The predicted molar refractivity (Wildman–Crippen MR) is 111 cm³/mol. The number of carboxylic acid groups (broad SMARTS) is 2. The Morgan fingerprint density at radius 3 is 1.72 bits per heavy atom. The van der Waals surface area contributed by atoms with Crippen LogP contribution in [-0.4, -0.2) is 75.5 Å². The van der Waals surface area contributed by atoms with E-state index in [2.05, 4.69) is 41.2 Å². The minimum Gasteiger partial charge on any atom is -0.481 e. The fourth-order valence-electron chi connectivity index (χ4n) is 2.18. The summed E-state index contributed by atoms with van der Waals surface area (Å²) in [6.07, 6.45) is -0.666. The summed E-state index contributed by atoms with van der Waals surface area (Å²) in [5.74, 6) is -5.34. The maximum Gasteiger partial charge on any atom is 0.326 e. The van der Waals surface area contributed by atoms with Crippen LogP contribution in [-0.2, 0) is 24.0 Å². The molecule has 0 aliphatic carbocycles. The molecule has 0 aromatic carbocycles. The molecule has 0 spiro atoms. The van der Waals surface area contributed by atoms with Crippen molar-refractivity contribution in [1.29, 1.82) is 0 Å². The van der Waals surface area contributed by atoms with Gasteiger partial charge in [-0.05, 0) is 12.3 Å². The van der Waals surface area contributed by atoms with Crippen molar-refractivity contribution in [1.82, 2.24) is 16.0 Å². The Bertz CT molecular complexity index is 618. The lowest BCUT2D eigenvalue weighted by Crippen LogP contribution is -2.58. The SMILES string of the molecule is CC(C)CC(NC(=O)C(CC(=O)O)NC(=O)C(CS)NC(=O)C(N)CS)C(=O)O. The summed E-state index contributed by atoms with van der Waals surface area (Å²) in [7, 11) is 0. The Morgan fingerprint density at radius 1 is 0.828 bits per heavy atom. The van der Waals surface area contributed by atoms with Gasteiger partial charge in [-0.2, -0.15) is 25.3 Å². The number of carbonyl (C=O) groups excluding carboxylic acids is 3. The molecule has 3 amide bonds. The monoisotopic (exact) mass is 452 g/mol. The molecule has 13 heteroatoms. The first-order valence-corrected chi connectivity index (χ1v) is 10.0. The van der Waals surface area contributed by atoms with Crippen LogP contribution < -0.4 is 21.7 Å². The largest absolute Gasteiger partial charge is 0.481 e. The first-order valence-electron chi connectivity index (χ1n) is 8.75. The number of thiol groups is 2. The summed E-state index contributed by atoms with van der Waals surface area (Å²) in [6.45, 7) is 3.52. The van der Waals surface area contributed by atoms with Gasteiger partial charge in [0.1, 0.15) is 18.1 Å². The second kappa shape index (κ2) is 13.3. The van der Waals surface area contributed by atoms with Gasteiger partial charge in [0.15, 0.2) is 0 Å². The van der Waals surface area contributed by atoms with E-state index in [0.29, 0.717) is 0 Å². The van der Waals surface area contributed by atoms with Crippen molar-refractivity contribution >= 4 is 54.9 Å². The molecule has 0 radical (unpaired) electrons. The highest BCUT2D eigenvalue weighted by Crippen LogP contribution is 2.06. The van der Waals surface area contributed by atoms with E-state index in [1.165, 1.54) is 0 Å². The third-order valence-corrected chi connectivity index (χ3v) is 4.44. The average molecular weight is 453 g/mol. The fourth-order valence-corrected chi connectivity index (χ4v) is 2.60. The second-order valence-electron chi connectivity index (χ2n) is 6.72. The lowest BCUT2D eigenvalue weighted by Gasteiger charge is -2.24. The molecule has 166 valence electrons. The predicted octanol–water partition coefficient (Wildman–Crippen LogP) is -1.77. The average Bonchev–Trinajstić information content (AvgIpc) is 2.62. The highest BCUT2D eigenvalue weighted by molar-refractivity contribution is 7.80. The smallest absolute Gasteiger partial charge is 0.326 e. The van der Waals surface area contributed by atoms with Gasteiger partial charge in [-0.25, -0.2) is 4.79 Å². The summed E-state index contributed by atoms with van der Waals surface area (Å²) in [5, 5.41) is 25.0. The number of carbonyl (C=O) groups is 5. The number of amides is 3. The lowest BCUT2D eigenvalue weighted by atomic mass is 10.0. The van der Waals surface area contributed by atoms with Gasteiger partial charge in [-0.15, -0.1) is 0 Å². The number of nitrogens with two attached hydrogens (primary N) is 1. The van der Waals surface area contributed by atoms with Gasteiger partial charge in [-0.3, -0.25) is 19.2 Å². The fraction of sp³-hybridized carbons (Fsp3) is 0.688. The maximum absolute atomic E-state index is 12.4. The number of nitrogens with one attached hydrogen (secondary N) is 3. The van der Waals surface area contributed by atoms with E-state index in [4.69, 9.17) is 10.8 Å². The molecule has 0 aliphatic heterocycles. The normalized spacial score (nSPS) is 15.0. The summed E-state index contributed by atoms with van der Waals surface area (Å²) in [6, 6.07) is -4.96. The minimum atomic E-state index is -1.55. The molecule has 0 rings (SSSR count). The molecule has 7 N–H and O–H groups in total. The molecule has 11 nitrogen and oxygen atoms in total.